The van der Waals surface area contributed by atoms with Crippen LogP contribution in [0.25, 0.3) is 0 Å². The molecule has 3 atom stereocenters. The lowest BCUT2D eigenvalue weighted by Crippen LogP contribution is -2.55. The molecule has 2 unspecified atom stereocenters. The monoisotopic (exact) mass is 289 g/mol. The molecule has 0 aromatic heterocycles. The van der Waals surface area contributed by atoms with E-state index in [1.54, 1.807) is 4.90 Å². The van der Waals surface area contributed by atoms with Crippen molar-refractivity contribution in [3.63, 3.8) is 0 Å². The van der Waals surface area contributed by atoms with Crippen molar-refractivity contribution in [1.29, 1.82) is 0 Å². The maximum Gasteiger partial charge on any atom is 0.240 e. The van der Waals surface area contributed by atoms with Gasteiger partial charge in [-0.1, -0.05) is 24.3 Å². The van der Waals surface area contributed by atoms with Crippen LogP contribution in [0.5, 0.6) is 0 Å². The molecular formula is C15H19N3O3. The molecular weight excluding hydrogens is 270 g/mol. The summed E-state index contributed by atoms with van der Waals surface area (Å²) in [6, 6.07) is 6.71. The predicted octanol–water partition coefficient (Wildman–Crippen LogP) is -0.852. The second-order valence-corrected chi connectivity index (χ2v) is 5.71. The van der Waals surface area contributed by atoms with Crippen LogP contribution in [0.15, 0.2) is 24.3 Å². The van der Waals surface area contributed by atoms with Crippen LogP contribution in [-0.2, 0) is 22.6 Å². The Morgan fingerprint density at radius 1 is 1.29 bits per heavy atom. The van der Waals surface area contributed by atoms with Crippen molar-refractivity contribution >= 4 is 11.8 Å². The molecule has 1 aromatic rings. The van der Waals surface area contributed by atoms with E-state index >= 15 is 0 Å². The number of aliphatic hydroxyl groups excluding tert-OH is 1. The zero-order chi connectivity index (χ0) is 15.0. The highest BCUT2D eigenvalue weighted by Crippen LogP contribution is 2.25. The van der Waals surface area contributed by atoms with Crippen LogP contribution in [0.2, 0.25) is 0 Å². The highest BCUT2D eigenvalue weighted by atomic mass is 16.3. The minimum absolute atomic E-state index is 0.162. The van der Waals surface area contributed by atoms with Crippen LogP contribution in [-0.4, -0.2) is 46.6 Å². The lowest BCUT2D eigenvalue weighted by atomic mass is 9.93. The SMILES string of the molecule is NC(=O)[C@@H]1Cc2ccccc2CN1C(=O)C1CC(O)CN1. The molecule has 0 saturated carbocycles. The molecule has 0 aliphatic carbocycles. The van der Waals surface area contributed by atoms with Gasteiger partial charge in [0.1, 0.15) is 6.04 Å². The van der Waals surface area contributed by atoms with Crippen molar-refractivity contribution in [2.24, 2.45) is 5.73 Å². The number of carbonyl (C=O) groups excluding carboxylic acids is 2. The second kappa shape index (κ2) is 5.46. The highest BCUT2D eigenvalue weighted by molar-refractivity contribution is 5.90. The summed E-state index contributed by atoms with van der Waals surface area (Å²) in [5.74, 6) is -0.652. The largest absolute Gasteiger partial charge is 0.392 e. The molecule has 21 heavy (non-hydrogen) atoms. The average Bonchev–Trinajstić information content (AvgIpc) is 2.91. The van der Waals surface area contributed by atoms with Crippen molar-refractivity contribution in [3.8, 4) is 0 Å². The fourth-order valence-electron chi connectivity index (χ4n) is 3.11. The quantitative estimate of drug-likeness (QED) is 0.661. The number of nitrogens with one attached hydrogen (secondary N) is 1. The lowest BCUT2D eigenvalue weighted by Gasteiger charge is -2.36. The molecule has 0 spiro atoms. The van der Waals surface area contributed by atoms with E-state index in [0.717, 1.165) is 11.1 Å². The minimum atomic E-state index is -0.619. The molecule has 2 aliphatic heterocycles. The van der Waals surface area contributed by atoms with Crippen LogP contribution < -0.4 is 11.1 Å². The molecule has 1 saturated heterocycles. The molecule has 2 aliphatic rings. The number of nitrogens with two attached hydrogens (primary N) is 1. The van der Waals surface area contributed by atoms with E-state index < -0.39 is 24.1 Å². The Hall–Kier alpha value is -1.92. The first-order valence-corrected chi connectivity index (χ1v) is 7.14. The molecule has 6 nitrogen and oxygen atoms in total. The number of hydrogen-bond acceptors (Lipinski definition) is 4. The molecule has 1 fully saturated rings. The van der Waals surface area contributed by atoms with Crippen molar-refractivity contribution in [3.05, 3.63) is 35.4 Å². The van der Waals surface area contributed by atoms with Crippen LogP contribution in [0, 0.1) is 0 Å². The molecule has 4 N–H and O–H groups in total. The minimum Gasteiger partial charge on any atom is -0.392 e. The smallest absolute Gasteiger partial charge is 0.240 e. The summed E-state index contributed by atoms with van der Waals surface area (Å²) >= 11 is 0. The normalized spacial score (nSPS) is 28.2. The third kappa shape index (κ3) is 2.64. The van der Waals surface area contributed by atoms with Gasteiger partial charge in [-0.15, -0.1) is 0 Å². The Kier molecular flexibility index (Phi) is 3.65. The Balaban J connectivity index is 1.85. The number of benzene rings is 1. The maximum atomic E-state index is 12.6. The number of β-amino-alcohol motifs (C(OH)–C–C–N with tert-alkyl or cyclic N) is 1. The molecule has 112 valence electrons. The summed E-state index contributed by atoms with van der Waals surface area (Å²) < 4.78 is 0. The number of carbonyl (C=O) groups is 2. The summed E-state index contributed by atoms with van der Waals surface area (Å²) in [7, 11) is 0. The topological polar surface area (TPSA) is 95.7 Å². The standard InChI is InChI=1S/C15H19N3O3/c16-14(20)13-5-9-3-1-2-4-10(9)8-18(13)15(21)12-6-11(19)7-17-12/h1-4,11-13,17,19H,5-8H2,(H2,16,20)/t11?,12?,13-/m0/s1. The molecule has 2 heterocycles. The maximum absolute atomic E-state index is 12.6. The van der Waals surface area contributed by atoms with E-state index in [2.05, 4.69) is 5.32 Å². The van der Waals surface area contributed by atoms with E-state index in [9.17, 15) is 14.7 Å². The zero-order valence-electron chi connectivity index (χ0n) is 11.7. The summed E-state index contributed by atoms with van der Waals surface area (Å²) in [4.78, 5) is 25.9. The molecule has 3 rings (SSSR count). The Labute approximate surface area is 122 Å². The van der Waals surface area contributed by atoms with Crippen molar-refractivity contribution in [2.75, 3.05) is 6.54 Å². The molecule has 6 heteroatoms. The number of hydrogen-bond donors (Lipinski definition) is 3. The molecule has 1 aromatic carbocycles. The number of fused-ring (bicyclic) bond motifs is 1. The zero-order valence-corrected chi connectivity index (χ0v) is 11.7. The van der Waals surface area contributed by atoms with Gasteiger partial charge < -0.3 is 21.1 Å². The van der Waals surface area contributed by atoms with Crippen molar-refractivity contribution in [2.45, 2.75) is 37.6 Å². The lowest BCUT2D eigenvalue weighted by molar-refractivity contribution is -0.142. The van der Waals surface area contributed by atoms with Gasteiger partial charge in [-0.05, 0) is 17.5 Å². The van der Waals surface area contributed by atoms with Crippen LogP contribution in [0.3, 0.4) is 0 Å². The van der Waals surface area contributed by atoms with Gasteiger partial charge in [-0.3, -0.25) is 9.59 Å². The third-order valence-electron chi connectivity index (χ3n) is 4.27. The summed E-state index contributed by atoms with van der Waals surface area (Å²) in [6.45, 7) is 0.791. The fourth-order valence-corrected chi connectivity index (χ4v) is 3.11. The summed E-state index contributed by atoms with van der Waals surface area (Å²) in [5.41, 5.74) is 7.58. The van der Waals surface area contributed by atoms with Gasteiger partial charge in [0, 0.05) is 19.5 Å². The van der Waals surface area contributed by atoms with Gasteiger partial charge in [-0.2, -0.15) is 0 Å². The van der Waals surface area contributed by atoms with Gasteiger partial charge in [0.2, 0.25) is 11.8 Å². The number of nitrogens with zero attached hydrogens (tertiary/aromatic N) is 1. The number of amides is 2. The third-order valence-corrected chi connectivity index (χ3v) is 4.27. The summed E-state index contributed by atoms with van der Waals surface area (Å²) in [6.07, 6.45) is 0.317. The van der Waals surface area contributed by atoms with Crippen LogP contribution in [0.1, 0.15) is 17.5 Å². The molecule has 2 amide bonds. The van der Waals surface area contributed by atoms with Crippen LogP contribution in [0.4, 0.5) is 0 Å². The number of aliphatic hydroxyl groups is 1. The van der Waals surface area contributed by atoms with Gasteiger partial charge in [0.15, 0.2) is 0 Å². The van der Waals surface area contributed by atoms with Gasteiger partial charge in [0.05, 0.1) is 12.1 Å². The van der Waals surface area contributed by atoms with Crippen molar-refractivity contribution in [1.82, 2.24) is 10.2 Å². The molecule has 0 bridgehead atoms. The van der Waals surface area contributed by atoms with E-state index in [0.29, 0.717) is 25.9 Å². The number of primary amides is 1. The molecule has 0 radical (unpaired) electrons. The first kappa shape index (κ1) is 14.0. The van der Waals surface area contributed by atoms with Gasteiger partial charge in [0.25, 0.3) is 0 Å². The van der Waals surface area contributed by atoms with Gasteiger partial charge >= 0.3 is 0 Å². The Bertz CT molecular complexity index is 575. The number of rotatable bonds is 2. The highest BCUT2D eigenvalue weighted by Gasteiger charge is 2.38. The average molecular weight is 289 g/mol. The first-order valence-electron chi connectivity index (χ1n) is 7.14. The Morgan fingerprint density at radius 2 is 2.00 bits per heavy atom. The first-order chi connectivity index (χ1) is 10.1. The van der Waals surface area contributed by atoms with Crippen LogP contribution >= 0.6 is 0 Å². The van der Waals surface area contributed by atoms with Gasteiger partial charge in [-0.25, -0.2) is 0 Å². The van der Waals surface area contributed by atoms with E-state index in [1.807, 2.05) is 24.3 Å². The Morgan fingerprint density at radius 3 is 2.62 bits per heavy atom. The predicted molar refractivity (Wildman–Crippen MR) is 76.1 cm³/mol. The second-order valence-electron chi connectivity index (χ2n) is 5.71. The fraction of sp³-hybridized carbons (Fsp3) is 0.467. The van der Waals surface area contributed by atoms with E-state index in [4.69, 9.17) is 5.73 Å². The van der Waals surface area contributed by atoms with E-state index in [-0.39, 0.29) is 5.91 Å². The van der Waals surface area contributed by atoms with Crippen molar-refractivity contribution < 1.29 is 14.7 Å². The summed E-state index contributed by atoms with van der Waals surface area (Å²) in [5, 5.41) is 12.5. The van der Waals surface area contributed by atoms with E-state index in [1.165, 1.54) is 0 Å².